The van der Waals surface area contributed by atoms with Crippen LogP contribution in [-0.4, -0.2) is 61.2 Å². The highest BCUT2D eigenvalue weighted by molar-refractivity contribution is 4.86. The Morgan fingerprint density at radius 1 is 1.00 bits per heavy atom. The van der Waals surface area contributed by atoms with E-state index in [0.29, 0.717) is 0 Å². The molecule has 0 amide bonds. The third-order valence-electron chi connectivity index (χ3n) is 4.33. The van der Waals surface area contributed by atoms with Crippen LogP contribution in [0.3, 0.4) is 0 Å². The molecule has 3 heteroatoms. The molecule has 1 saturated carbocycles. The van der Waals surface area contributed by atoms with Gasteiger partial charge in [-0.1, -0.05) is 0 Å². The third kappa shape index (κ3) is 2.76. The SMILES string of the molecule is C1CC2CN(CCNC3CC3)CCCN2C1. The Labute approximate surface area is 99.2 Å². The number of nitrogens with one attached hydrogen (secondary N) is 1. The van der Waals surface area contributed by atoms with Gasteiger partial charge in [0.1, 0.15) is 0 Å². The zero-order chi connectivity index (χ0) is 10.8. The van der Waals surface area contributed by atoms with Crippen molar-refractivity contribution >= 4 is 0 Å². The van der Waals surface area contributed by atoms with Gasteiger partial charge in [0.15, 0.2) is 0 Å². The van der Waals surface area contributed by atoms with Crippen molar-refractivity contribution in [3.63, 3.8) is 0 Å². The molecule has 2 saturated heterocycles. The molecule has 1 N–H and O–H groups in total. The fourth-order valence-corrected chi connectivity index (χ4v) is 3.20. The predicted molar refractivity (Wildman–Crippen MR) is 66.7 cm³/mol. The second kappa shape index (κ2) is 5.03. The third-order valence-corrected chi connectivity index (χ3v) is 4.33. The van der Waals surface area contributed by atoms with Gasteiger partial charge in [-0.3, -0.25) is 4.90 Å². The van der Waals surface area contributed by atoms with Gasteiger partial charge in [-0.05, 0) is 51.7 Å². The largest absolute Gasteiger partial charge is 0.313 e. The lowest BCUT2D eigenvalue weighted by Gasteiger charge is -2.25. The summed E-state index contributed by atoms with van der Waals surface area (Å²) in [6, 6.07) is 1.75. The van der Waals surface area contributed by atoms with E-state index in [-0.39, 0.29) is 0 Å². The second-order valence-electron chi connectivity index (χ2n) is 5.71. The van der Waals surface area contributed by atoms with Crippen LogP contribution in [0.5, 0.6) is 0 Å². The number of rotatable bonds is 4. The van der Waals surface area contributed by atoms with Gasteiger partial charge in [-0.15, -0.1) is 0 Å². The number of hydrogen-bond acceptors (Lipinski definition) is 3. The normalized spacial score (nSPS) is 32.6. The van der Waals surface area contributed by atoms with Gasteiger partial charge >= 0.3 is 0 Å². The van der Waals surface area contributed by atoms with Crippen LogP contribution in [0.25, 0.3) is 0 Å². The molecule has 3 nitrogen and oxygen atoms in total. The first-order valence-electron chi connectivity index (χ1n) is 7.11. The predicted octanol–water partition coefficient (Wildman–Crippen LogP) is 0.909. The van der Waals surface area contributed by atoms with Crippen LogP contribution in [0.1, 0.15) is 32.1 Å². The van der Waals surface area contributed by atoms with Gasteiger partial charge in [0.25, 0.3) is 0 Å². The Hall–Kier alpha value is -0.120. The first-order chi connectivity index (χ1) is 7.92. The van der Waals surface area contributed by atoms with Crippen LogP contribution in [-0.2, 0) is 0 Å². The summed E-state index contributed by atoms with van der Waals surface area (Å²) in [5, 5.41) is 3.63. The van der Waals surface area contributed by atoms with Gasteiger partial charge in [0, 0.05) is 31.7 Å². The molecule has 3 rings (SSSR count). The Kier molecular flexibility index (Phi) is 3.46. The van der Waals surface area contributed by atoms with E-state index < -0.39 is 0 Å². The summed E-state index contributed by atoms with van der Waals surface area (Å²) in [5.74, 6) is 0. The Balaban J connectivity index is 1.43. The minimum absolute atomic E-state index is 0.870. The van der Waals surface area contributed by atoms with Gasteiger partial charge in [0.2, 0.25) is 0 Å². The molecule has 0 aromatic heterocycles. The van der Waals surface area contributed by atoms with Crippen molar-refractivity contribution in [1.29, 1.82) is 0 Å². The Morgan fingerprint density at radius 3 is 2.75 bits per heavy atom. The molecule has 0 bridgehead atoms. The average Bonchev–Trinajstić information content (AvgIpc) is 3.04. The summed E-state index contributed by atoms with van der Waals surface area (Å²) in [6.45, 7) is 7.82. The molecule has 0 radical (unpaired) electrons. The standard InChI is InChI=1S/C13H25N3/c1-3-13-11-15(7-2-9-16(13)8-1)10-6-14-12-4-5-12/h12-14H,1-11H2. The molecule has 3 fully saturated rings. The molecule has 2 heterocycles. The van der Waals surface area contributed by atoms with E-state index in [4.69, 9.17) is 0 Å². The lowest BCUT2D eigenvalue weighted by atomic mass is 10.2. The van der Waals surface area contributed by atoms with Crippen LogP contribution in [0.2, 0.25) is 0 Å². The average molecular weight is 223 g/mol. The second-order valence-corrected chi connectivity index (χ2v) is 5.71. The molecule has 0 aromatic carbocycles. The summed E-state index contributed by atoms with van der Waals surface area (Å²) < 4.78 is 0. The minimum atomic E-state index is 0.870. The van der Waals surface area contributed by atoms with E-state index in [1.807, 2.05) is 0 Å². The highest BCUT2D eigenvalue weighted by atomic mass is 15.3. The van der Waals surface area contributed by atoms with Crippen molar-refractivity contribution < 1.29 is 0 Å². The zero-order valence-electron chi connectivity index (χ0n) is 10.3. The monoisotopic (exact) mass is 223 g/mol. The van der Waals surface area contributed by atoms with Crippen LogP contribution in [0.15, 0.2) is 0 Å². The fourth-order valence-electron chi connectivity index (χ4n) is 3.20. The van der Waals surface area contributed by atoms with Crippen LogP contribution in [0, 0.1) is 0 Å². The molecule has 0 aromatic rings. The highest BCUT2D eigenvalue weighted by Gasteiger charge is 2.28. The lowest BCUT2D eigenvalue weighted by molar-refractivity contribution is 0.220. The van der Waals surface area contributed by atoms with E-state index in [9.17, 15) is 0 Å². The van der Waals surface area contributed by atoms with E-state index in [1.54, 1.807) is 0 Å². The molecular formula is C13H25N3. The van der Waals surface area contributed by atoms with Gasteiger partial charge < -0.3 is 10.2 Å². The van der Waals surface area contributed by atoms with Crippen molar-refractivity contribution in [1.82, 2.24) is 15.1 Å². The zero-order valence-corrected chi connectivity index (χ0v) is 10.3. The minimum Gasteiger partial charge on any atom is -0.313 e. The quantitative estimate of drug-likeness (QED) is 0.764. The maximum atomic E-state index is 3.63. The molecule has 0 spiro atoms. The van der Waals surface area contributed by atoms with Crippen molar-refractivity contribution in [3.8, 4) is 0 Å². The van der Waals surface area contributed by atoms with Crippen molar-refractivity contribution in [3.05, 3.63) is 0 Å². The van der Waals surface area contributed by atoms with Gasteiger partial charge in [-0.2, -0.15) is 0 Å². The maximum absolute atomic E-state index is 3.63. The molecule has 16 heavy (non-hydrogen) atoms. The van der Waals surface area contributed by atoms with Crippen molar-refractivity contribution in [2.75, 3.05) is 39.3 Å². The molecular weight excluding hydrogens is 198 g/mol. The number of nitrogens with zero attached hydrogens (tertiary/aromatic N) is 2. The first-order valence-corrected chi connectivity index (χ1v) is 7.11. The Morgan fingerprint density at radius 2 is 1.88 bits per heavy atom. The lowest BCUT2D eigenvalue weighted by Crippen LogP contribution is -2.39. The number of hydrogen-bond donors (Lipinski definition) is 1. The summed E-state index contributed by atoms with van der Waals surface area (Å²) in [4.78, 5) is 5.40. The van der Waals surface area contributed by atoms with Crippen LogP contribution < -0.4 is 5.32 Å². The first kappa shape index (κ1) is 11.0. The van der Waals surface area contributed by atoms with E-state index in [1.165, 1.54) is 71.4 Å². The molecule has 1 aliphatic carbocycles. The van der Waals surface area contributed by atoms with E-state index >= 15 is 0 Å². The Bertz CT molecular complexity index is 227. The summed E-state index contributed by atoms with van der Waals surface area (Å²) in [7, 11) is 0. The van der Waals surface area contributed by atoms with E-state index in [0.717, 1.165) is 12.1 Å². The topological polar surface area (TPSA) is 18.5 Å². The van der Waals surface area contributed by atoms with E-state index in [2.05, 4.69) is 15.1 Å². The molecule has 3 aliphatic rings. The van der Waals surface area contributed by atoms with Crippen molar-refractivity contribution in [2.24, 2.45) is 0 Å². The van der Waals surface area contributed by atoms with Crippen LogP contribution >= 0.6 is 0 Å². The molecule has 2 aliphatic heterocycles. The highest BCUT2D eigenvalue weighted by Crippen LogP contribution is 2.21. The summed E-state index contributed by atoms with van der Waals surface area (Å²) >= 11 is 0. The van der Waals surface area contributed by atoms with Gasteiger partial charge in [0.05, 0.1) is 0 Å². The molecule has 1 atom stereocenters. The smallest absolute Gasteiger partial charge is 0.0223 e. The fraction of sp³-hybridized carbons (Fsp3) is 1.00. The molecule has 92 valence electrons. The van der Waals surface area contributed by atoms with Gasteiger partial charge in [-0.25, -0.2) is 0 Å². The summed E-state index contributed by atoms with van der Waals surface area (Å²) in [6.07, 6.45) is 7.07. The van der Waals surface area contributed by atoms with Crippen molar-refractivity contribution in [2.45, 2.75) is 44.2 Å². The summed E-state index contributed by atoms with van der Waals surface area (Å²) in [5.41, 5.74) is 0. The number of fused-ring (bicyclic) bond motifs is 1. The maximum Gasteiger partial charge on any atom is 0.0223 e. The van der Waals surface area contributed by atoms with Crippen LogP contribution in [0.4, 0.5) is 0 Å². The molecule has 1 unspecified atom stereocenters.